The molecule has 0 spiro atoms. The van der Waals surface area contributed by atoms with E-state index in [1.165, 1.54) is 6.21 Å². The molecule has 2 rings (SSSR count). The Morgan fingerprint density at radius 2 is 1.77 bits per heavy atom. The molecule has 0 atom stereocenters. The summed E-state index contributed by atoms with van der Waals surface area (Å²) in [6.45, 7) is 0. The van der Waals surface area contributed by atoms with Gasteiger partial charge in [-0.3, -0.25) is 0 Å². The Bertz CT molecular complexity index is 723. The van der Waals surface area contributed by atoms with Gasteiger partial charge in [0.15, 0.2) is 0 Å². The highest BCUT2D eigenvalue weighted by molar-refractivity contribution is 6.33. The lowest BCUT2D eigenvalue weighted by Gasteiger charge is -2.05. The Hall–Kier alpha value is -2.86. The number of nitrogens with zero attached hydrogens (tertiary/aromatic N) is 2. The number of hydrogen-bond acceptors (Lipinski definition) is 4. The Morgan fingerprint density at radius 3 is 2.41 bits per heavy atom. The second-order valence-electron chi connectivity index (χ2n) is 4.21. The summed E-state index contributed by atoms with van der Waals surface area (Å²) in [5, 5.41) is 7.50. The first-order chi connectivity index (χ1) is 10.6. The summed E-state index contributed by atoms with van der Waals surface area (Å²) in [6.07, 6.45) is 1.47. The predicted octanol–water partition coefficient (Wildman–Crippen LogP) is 2.17. The molecule has 0 saturated carbocycles. The molecule has 0 radical (unpaired) electrons. The lowest BCUT2D eigenvalue weighted by atomic mass is 10.2. The van der Waals surface area contributed by atoms with E-state index in [1.54, 1.807) is 48.5 Å². The van der Waals surface area contributed by atoms with Crippen LogP contribution in [0.25, 0.3) is 0 Å². The summed E-state index contributed by atoms with van der Waals surface area (Å²) in [5.41, 5.74) is 11.4. The van der Waals surface area contributed by atoms with Gasteiger partial charge in [-0.25, -0.2) is 4.79 Å². The van der Waals surface area contributed by atoms with Gasteiger partial charge in [-0.2, -0.15) is 5.10 Å². The average Bonchev–Trinajstić information content (AvgIpc) is 2.49. The van der Waals surface area contributed by atoms with Gasteiger partial charge in [-0.1, -0.05) is 23.7 Å². The van der Waals surface area contributed by atoms with Crippen molar-refractivity contribution in [2.75, 3.05) is 0 Å². The quantitative estimate of drug-likeness (QED) is 0.296. The second-order valence-corrected chi connectivity index (χ2v) is 4.62. The van der Waals surface area contributed by atoms with Gasteiger partial charge < -0.3 is 16.2 Å². The Morgan fingerprint density at radius 1 is 1.09 bits per heavy atom. The van der Waals surface area contributed by atoms with E-state index in [1.807, 2.05) is 0 Å². The topological polar surface area (TPSA) is 103 Å². The summed E-state index contributed by atoms with van der Waals surface area (Å²) in [4.78, 5) is 12.0. The molecule has 4 N–H and O–H groups in total. The van der Waals surface area contributed by atoms with E-state index in [4.69, 9.17) is 27.8 Å². The van der Waals surface area contributed by atoms with Crippen molar-refractivity contribution in [3.05, 3.63) is 64.7 Å². The van der Waals surface area contributed by atoms with Gasteiger partial charge in [0.1, 0.15) is 5.75 Å². The Labute approximate surface area is 132 Å². The summed E-state index contributed by atoms with van der Waals surface area (Å²) >= 11 is 5.94. The van der Waals surface area contributed by atoms with Gasteiger partial charge in [0.05, 0.1) is 16.8 Å². The minimum absolute atomic E-state index is 0.124. The lowest BCUT2D eigenvalue weighted by Crippen LogP contribution is -2.21. The van der Waals surface area contributed by atoms with Gasteiger partial charge >= 0.3 is 5.97 Å². The van der Waals surface area contributed by atoms with E-state index in [2.05, 4.69) is 10.2 Å². The van der Waals surface area contributed by atoms with Crippen LogP contribution in [0.3, 0.4) is 0 Å². The van der Waals surface area contributed by atoms with Crippen molar-refractivity contribution in [2.24, 2.45) is 21.7 Å². The summed E-state index contributed by atoms with van der Waals surface area (Å²) < 4.78 is 5.24. The van der Waals surface area contributed by atoms with Crippen molar-refractivity contribution in [3.8, 4) is 5.75 Å². The smallest absolute Gasteiger partial charge is 0.345 e. The molecule has 0 heterocycles. The molecule has 0 aliphatic carbocycles. The van der Waals surface area contributed by atoms with Gasteiger partial charge in [0, 0.05) is 0 Å². The Kier molecular flexibility index (Phi) is 5.11. The van der Waals surface area contributed by atoms with Gasteiger partial charge in [-0.15, -0.1) is 5.10 Å². The number of carbonyl (C=O) groups excluding carboxylic acids is 1. The zero-order valence-electron chi connectivity index (χ0n) is 11.4. The first-order valence-electron chi connectivity index (χ1n) is 6.25. The van der Waals surface area contributed by atoms with Gasteiger partial charge in [-0.05, 0) is 42.0 Å². The first kappa shape index (κ1) is 15.5. The molecule has 7 heteroatoms. The molecular formula is C15H13ClN4O2. The van der Waals surface area contributed by atoms with Gasteiger partial charge in [0.25, 0.3) is 0 Å². The Balaban J connectivity index is 2.05. The number of esters is 1. The minimum Gasteiger partial charge on any atom is -0.423 e. The normalized spacial score (nSPS) is 10.4. The van der Waals surface area contributed by atoms with Crippen LogP contribution in [0.15, 0.2) is 58.7 Å². The predicted molar refractivity (Wildman–Crippen MR) is 86.3 cm³/mol. The summed E-state index contributed by atoms with van der Waals surface area (Å²) in [7, 11) is 0. The SMILES string of the molecule is NC(N)=NN=Cc1ccc(OC(=O)c2ccccc2Cl)cc1. The molecule has 0 aliphatic rings. The maximum absolute atomic E-state index is 12.0. The largest absolute Gasteiger partial charge is 0.423 e. The van der Waals surface area contributed by atoms with Crippen molar-refractivity contribution >= 4 is 29.7 Å². The van der Waals surface area contributed by atoms with Crippen LogP contribution in [0.5, 0.6) is 5.75 Å². The van der Waals surface area contributed by atoms with Crippen molar-refractivity contribution in [1.29, 1.82) is 0 Å². The number of ether oxygens (including phenoxy) is 1. The third-order valence-corrected chi connectivity index (χ3v) is 2.89. The minimum atomic E-state index is -0.521. The van der Waals surface area contributed by atoms with E-state index < -0.39 is 5.97 Å². The number of benzene rings is 2. The fourth-order valence-corrected chi connectivity index (χ4v) is 1.79. The third-order valence-electron chi connectivity index (χ3n) is 2.56. The van der Waals surface area contributed by atoms with E-state index in [0.29, 0.717) is 16.3 Å². The van der Waals surface area contributed by atoms with Gasteiger partial charge in [0.2, 0.25) is 5.96 Å². The maximum Gasteiger partial charge on any atom is 0.345 e. The van der Waals surface area contributed by atoms with Crippen LogP contribution in [0.1, 0.15) is 15.9 Å². The fourth-order valence-electron chi connectivity index (χ4n) is 1.57. The number of guanidine groups is 1. The average molecular weight is 317 g/mol. The fraction of sp³-hybridized carbons (Fsp3) is 0. The molecule has 0 amide bonds. The molecule has 22 heavy (non-hydrogen) atoms. The molecule has 2 aromatic carbocycles. The number of carbonyl (C=O) groups is 1. The van der Waals surface area contributed by atoms with Crippen molar-refractivity contribution in [1.82, 2.24) is 0 Å². The maximum atomic E-state index is 12.0. The molecule has 6 nitrogen and oxygen atoms in total. The van der Waals surface area contributed by atoms with Crippen LogP contribution >= 0.6 is 11.6 Å². The second kappa shape index (κ2) is 7.24. The molecule has 0 fully saturated rings. The van der Waals surface area contributed by atoms with Crippen LogP contribution in [-0.2, 0) is 0 Å². The molecule has 112 valence electrons. The highest BCUT2D eigenvalue weighted by Crippen LogP contribution is 2.18. The molecule has 0 saturated heterocycles. The number of nitrogens with two attached hydrogens (primary N) is 2. The number of halogens is 1. The molecule has 0 unspecified atom stereocenters. The molecule has 2 aromatic rings. The highest BCUT2D eigenvalue weighted by atomic mass is 35.5. The molecular weight excluding hydrogens is 304 g/mol. The zero-order chi connectivity index (χ0) is 15.9. The van der Waals surface area contributed by atoms with Crippen LogP contribution < -0.4 is 16.2 Å². The van der Waals surface area contributed by atoms with Crippen molar-refractivity contribution < 1.29 is 9.53 Å². The molecule has 0 bridgehead atoms. The van der Waals surface area contributed by atoms with Crippen LogP contribution in [-0.4, -0.2) is 18.1 Å². The monoisotopic (exact) mass is 316 g/mol. The summed E-state index contributed by atoms with van der Waals surface area (Å²) in [6, 6.07) is 13.4. The molecule has 0 aliphatic heterocycles. The van der Waals surface area contributed by atoms with Crippen molar-refractivity contribution in [3.63, 3.8) is 0 Å². The standard InChI is InChI=1S/C15H13ClN4O2/c16-13-4-2-1-3-12(13)14(21)22-11-7-5-10(6-8-11)9-19-20-15(17)18/h1-9H,(H4,17,18,20). The highest BCUT2D eigenvalue weighted by Gasteiger charge is 2.11. The summed E-state index contributed by atoms with van der Waals surface area (Å²) in [5.74, 6) is -0.252. The van der Waals surface area contributed by atoms with Crippen LogP contribution in [0.4, 0.5) is 0 Å². The molecule has 0 aromatic heterocycles. The van der Waals surface area contributed by atoms with E-state index in [-0.39, 0.29) is 5.96 Å². The zero-order valence-corrected chi connectivity index (χ0v) is 12.2. The number of hydrogen-bond donors (Lipinski definition) is 2. The van der Waals surface area contributed by atoms with Crippen LogP contribution in [0.2, 0.25) is 5.02 Å². The third kappa shape index (κ3) is 4.32. The lowest BCUT2D eigenvalue weighted by molar-refractivity contribution is 0.0735. The van der Waals surface area contributed by atoms with Crippen molar-refractivity contribution in [2.45, 2.75) is 0 Å². The number of rotatable bonds is 4. The van der Waals surface area contributed by atoms with E-state index in [9.17, 15) is 4.79 Å². The van der Waals surface area contributed by atoms with E-state index >= 15 is 0 Å². The first-order valence-corrected chi connectivity index (χ1v) is 6.63. The van der Waals surface area contributed by atoms with Crippen LogP contribution in [0, 0.1) is 0 Å². The van der Waals surface area contributed by atoms with E-state index in [0.717, 1.165) is 5.56 Å².